The van der Waals surface area contributed by atoms with Crippen molar-refractivity contribution in [3.8, 4) is 5.75 Å². The normalized spacial score (nSPS) is 26.5. The molecular weight excluding hydrogens is 258 g/mol. The Bertz CT molecular complexity index is 482. The lowest BCUT2D eigenvalue weighted by atomic mass is 9.70. The molecule has 21 heavy (non-hydrogen) atoms. The van der Waals surface area contributed by atoms with Crippen LogP contribution in [-0.2, 0) is 0 Å². The van der Waals surface area contributed by atoms with E-state index < -0.39 is 0 Å². The van der Waals surface area contributed by atoms with Crippen LogP contribution >= 0.6 is 0 Å². The van der Waals surface area contributed by atoms with E-state index in [0.29, 0.717) is 5.92 Å². The van der Waals surface area contributed by atoms with Gasteiger partial charge in [-0.05, 0) is 43.2 Å². The second-order valence-electron chi connectivity index (χ2n) is 6.73. The van der Waals surface area contributed by atoms with Crippen molar-refractivity contribution >= 4 is 6.21 Å². The molecule has 0 spiro atoms. The van der Waals surface area contributed by atoms with Crippen LogP contribution in [0, 0.1) is 11.8 Å². The molecule has 2 heteroatoms. The fraction of sp³-hybridized carbons (Fsp3) is 0.632. The van der Waals surface area contributed by atoms with Gasteiger partial charge in [0, 0.05) is 18.8 Å². The molecule has 1 aliphatic carbocycles. The van der Waals surface area contributed by atoms with Crippen LogP contribution in [0.25, 0.3) is 0 Å². The van der Waals surface area contributed by atoms with Crippen molar-refractivity contribution in [3.63, 3.8) is 0 Å². The van der Waals surface area contributed by atoms with Gasteiger partial charge < -0.3 is 4.74 Å². The van der Waals surface area contributed by atoms with Crippen molar-refractivity contribution in [1.29, 1.82) is 0 Å². The van der Waals surface area contributed by atoms with E-state index in [1.165, 1.54) is 24.8 Å². The zero-order valence-corrected chi connectivity index (χ0v) is 14.1. The average molecular weight is 287 g/mol. The van der Waals surface area contributed by atoms with E-state index in [9.17, 15) is 0 Å². The Morgan fingerprint density at radius 3 is 2.43 bits per heavy atom. The summed E-state index contributed by atoms with van der Waals surface area (Å²) in [7, 11) is 1.82. The first-order chi connectivity index (χ1) is 10.0. The Kier molecular flexibility index (Phi) is 5.44. The topological polar surface area (TPSA) is 21.6 Å². The third-order valence-corrected chi connectivity index (χ3v) is 4.60. The largest absolute Gasteiger partial charge is 0.490 e. The Balaban J connectivity index is 2.48. The molecule has 1 saturated carbocycles. The maximum absolute atomic E-state index is 6.19. The standard InChI is InChI=1S/C19H29NO/c1-13(2)21-19-16(12-20-5)10-7-11-17(19)18-14(3)8-6-9-15(18)4/h7,10-15,18H,6,8-9H2,1-5H3. The highest BCUT2D eigenvalue weighted by Crippen LogP contribution is 2.45. The molecule has 0 saturated heterocycles. The van der Waals surface area contributed by atoms with E-state index in [1.54, 1.807) is 0 Å². The van der Waals surface area contributed by atoms with Gasteiger partial charge in [0.1, 0.15) is 5.75 Å². The third-order valence-electron chi connectivity index (χ3n) is 4.60. The lowest BCUT2D eigenvalue weighted by molar-refractivity contribution is 0.215. The summed E-state index contributed by atoms with van der Waals surface area (Å²) in [5.41, 5.74) is 2.48. The molecule has 1 aliphatic rings. The first-order valence-corrected chi connectivity index (χ1v) is 8.26. The second-order valence-corrected chi connectivity index (χ2v) is 6.73. The lowest BCUT2D eigenvalue weighted by Gasteiger charge is -2.36. The Morgan fingerprint density at radius 1 is 1.19 bits per heavy atom. The number of nitrogens with zero attached hydrogens (tertiary/aromatic N) is 1. The molecule has 1 aromatic rings. The Labute approximate surface area is 129 Å². The van der Waals surface area contributed by atoms with Crippen molar-refractivity contribution in [2.75, 3.05) is 7.05 Å². The van der Waals surface area contributed by atoms with Crippen LogP contribution in [0.3, 0.4) is 0 Å². The van der Waals surface area contributed by atoms with Gasteiger partial charge in [-0.1, -0.05) is 45.2 Å². The van der Waals surface area contributed by atoms with Gasteiger partial charge in [0.15, 0.2) is 0 Å². The minimum Gasteiger partial charge on any atom is -0.490 e. The highest BCUT2D eigenvalue weighted by Gasteiger charge is 2.31. The monoisotopic (exact) mass is 287 g/mol. The van der Waals surface area contributed by atoms with Gasteiger partial charge in [-0.2, -0.15) is 0 Å². The van der Waals surface area contributed by atoms with Crippen LogP contribution in [0.1, 0.15) is 64.0 Å². The number of hydrogen-bond acceptors (Lipinski definition) is 2. The second kappa shape index (κ2) is 7.11. The molecule has 0 heterocycles. The van der Waals surface area contributed by atoms with Crippen molar-refractivity contribution in [1.82, 2.24) is 0 Å². The quantitative estimate of drug-likeness (QED) is 0.709. The number of benzene rings is 1. The summed E-state index contributed by atoms with van der Waals surface area (Å²) in [4.78, 5) is 4.19. The molecule has 116 valence electrons. The molecule has 2 unspecified atom stereocenters. The molecule has 0 aliphatic heterocycles. The molecular formula is C19H29NO. The molecule has 1 fully saturated rings. The minimum atomic E-state index is 0.185. The summed E-state index contributed by atoms with van der Waals surface area (Å²) in [6.45, 7) is 8.97. The zero-order chi connectivity index (χ0) is 15.4. The molecule has 0 amide bonds. The summed E-state index contributed by atoms with van der Waals surface area (Å²) in [6.07, 6.45) is 6.10. The number of ether oxygens (including phenoxy) is 1. The average Bonchev–Trinajstić information content (AvgIpc) is 2.41. The van der Waals surface area contributed by atoms with Crippen molar-refractivity contribution in [3.05, 3.63) is 29.3 Å². The fourth-order valence-electron chi connectivity index (χ4n) is 3.74. The van der Waals surface area contributed by atoms with Crippen LogP contribution in [0.2, 0.25) is 0 Å². The first kappa shape index (κ1) is 16.1. The van der Waals surface area contributed by atoms with E-state index in [0.717, 1.165) is 23.1 Å². The van der Waals surface area contributed by atoms with E-state index in [1.807, 2.05) is 13.3 Å². The van der Waals surface area contributed by atoms with Crippen LogP contribution < -0.4 is 4.74 Å². The van der Waals surface area contributed by atoms with Crippen LogP contribution in [0.5, 0.6) is 5.75 Å². The van der Waals surface area contributed by atoms with Gasteiger partial charge in [0.25, 0.3) is 0 Å². The summed E-state index contributed by atoms with van der Waals surface area (Å²) < 4.78 is 6.19. The van der Waals surface area contributed by atoms with Gasteiger partial charge in [0.05, 0.1) is 6.10 Å². The van der Waals surface area contributed by atoms with Crippen LogP contribution in [-0.4, -0.2) is 19.4 Å². The fourth-order valence-corrected chi connectivity index (χ4v) is 3.74. The highest BCUT2D eigenvalue weighted by atomic mass is 16.5. The third kappa shape index (κ3) is 3.66. The maximum atomic E-state index is 6.19. The summed E-state index contributed by atoms with van der Waals surface area (Å²) >= 11 is 0. The molecule has 2 atom stereocenters. The molecule has 0 N–H and O–H groups in total. The summed E-state index contributed by atoms with van der Waals surface area (Å²) in [6, 6.07) is 6.51. The van der Waals surface area contributed by atoms with E-state index in [-0.39, 0.29) is 6.10 Å². The number of rotatable bonds is 4. The zero-order valence-electron chi connectivity index (χ0n) is 14.1. The number of para-hydroxylation sites is 1. The first-order valence-electron chi connectivity index (χ1n) is 8.26. The number of aliphatic imine (C=N–C) groups is 1. The molecule has 2 rings (SSSR count). The summed E-state index contributed by atoms with van der Waals surface area (Å²) in [5, 5.41) is 0. The van der Waals surface area contributed by atoms with Gasteiger partial charge in [-0.25, -0.2) is 0 Å². The van der Waals surface area contributed by atoms with Crippen LogP contribution in [0.4, 0.5) is 0 Å². The Morgan fingerprint density at radius 2 is 1.86 bits per heavy atom. The van der Waals surface area contributed by atoms with Crippen molar-refractivity contribution in [2.24, 2.45) is 16.8 Å². The molecule has 2 nitrogen and oxygen atoms in total. The van der Waals surface area contributed by atoms with E-state index in [4.69, 9.17) is 4.74 Å². The maximum Gasteiger partial charge on any atom is 0.131 e. The molecule has 0 radical (unpaired) electrons. The van der Waals surface area contributed by atoms with E-state index >= 15 is 0 Å². The van der Waals surface area contributed by atoms with Gasteiger partial charge in [0.2, 0.25) is 0 Å². The highest BCUT2D eigenvalue weighted by molar-refractivity contribution is 5.84. The lowest BCUT2D eigenvalue weighted by Crippen LogP contribution is -2.24. The minimum absolute atomic E-state index is 0.185. The Hall–Kier alpha value is -1.31. The van der Waals surface area contributed by atoms with Gasteiger partial charge in [-0.3, -0.25) is 4.99 Å². The SMILES string of the molecule is CN=Cc1cccc(C2C(C)CCCC2C)c1OC(C)C. The van der Waals surface area contributed by atoms with Crippen molar-refractivity contribution < 1.29 is 4.74 Å². The molecule has 0 aromatic heterocycles. The van der Waals surface area contributed by atoms with Gasteiger partial charge >= 0.3 is 0 Å². The van der Waals surface area contributed by atoms with E-state index in [2.05, 4.69) is 50.9 Å². The van der Waals surface area contributed by atoms with Gasteiger partial charge in [-0.15, -0.1) is 0 Å². The predicted molar refractivity (Wildman–Crippen MR) is 90.6 cm³/mol. The van der Waals surface area contributed by atoms with Crippen LogP contribution in [0.15, 0.2) is 23.2 Å². The van der Waals surface area contributed by atoms with Crippen molar-refractivity contribution in [2.45, 2.75) is 59.0 Å². The molecule has 1 aromatic carbocycles. The molecule has 0 bridgehead atoms. The smallest absolute Gasteiger partial charge is 0.131 e. The summed E-state index contributed by atoms with van der Waals surface area (Å²) in [5.74, 6) is 3.08. The number of hydrogen-bond donors (Lipinski definition) is 0. The predicted octanol–water partition coefficient (Wildman–Crippen LogP) is 5.06.